The molecule has 1 aromatic heterocycles. The van der Waals surface area contributed by atoms with Crippen LogP contribution in [0.3, 0.4) is 0 Å². The highest BCUT2D eigenvalue weighted by Gasteiger charge is 2.17. The van der Waals surface area contributed by atoms with E-state index in [2.05, 4.69) is 25.9 Å². The number of carbonyl (C=O) groups excluding carboxylic acids is 1. The number of nitrogens with zero attached hydrogens (tertiary/aromatic N) is 3. The number of aliphatic imine (C=N–C) groups is 1. The number of amides is 1. The van der Waals surface area contributed by atoms with Gasteiger partial charge in [0.15, 0.2) is 0 Å². The summed E-state index contributed by atoms with van der Waals surface area (Å²) in [5.74, 6) is -0.0510. The molecule has 1 heterocycles. The Labute approximate surface area is 135 Å². The Morgan fingerprint density at radius 1 is 1.48 bits per heavy atom. The smallest absolute Gasteiger partial charge is 0.253 e. The molecular formula is C15H22N6O2. The first-order chi connectivity index (χ1) is 10.9. The predicted octanol–water partition coefficient (Wildman–Crippen LogP) is 0.831. The van der Waals surface area contributed by atoms with E-state index in [1.165, 1.54) is 12.4 Å². The molecule has 0 aliphatic carbocycles. The summed E-state index contributed by atoms with van der Waals surface area (Å²) < 4.78 is 0. The first kappa shape index (κ1) is 18.4. The van der Waals surface area contributed by atoms with E-state index in [4.69, 9.17) is 10.4 Å². The minimum Gasteiger partial charge on any atom is -0.395 e. The van der Waals surface area contributed by atoms with E-state index in [-0.39, 0.29) is 30.6 Å². The monoisotopic (exact) mass is 318 g/mol. The van der Waals surface area contributed by atoms with Crippen molar-refractivity contribution in [3.05, 3.63) is 24.0 Å². The number of aromatic nitrogens is 1. The fraction of sp³-hybridized carbons (Fsp3) is 0.467. The molecule has 0 atom stereocenters. The Morgan fingerprint density at radius 2 is 2.22 bits per heavy atom. The van der Waals surface area contributed by atoms with Gasteiger partial charge in [-0.15, -0.1) is 4.99 Å². The molecule has 4 N–H and O–H groups in total. The van der Waals surface area contributed by atoms with Crippen molar-refractivity contribution in [1.29, 1.82) is 5.26 Å². The average Bonchev–Trinajstić information content (AvgIpc) is 2.52. The van der Waals surface area contributed by atoms with Crippen LogP contribution in [0, 0.1) is 11.5 Å². The predicted molar refractivity (Wildman–Crippen MR) is 87.8 cm³/mol. The van der Waals surface area contributed by atoms with Crippen LogP contribution in [0.15, 0.2) is 23.5 Å². The van der Waals surface area contributed by atoms with Gasteiger partial charge in [-0.3, -0.25) is 9.78 Å². The van der Waals surface area contributed by atoms with Gasteiger partial charge in [0, 0.05) is 18.3 Å². The highest BCUT2D eigenvalue weighted by Crippen LogP contribution is 2.11. The molecular weight excluding hydrogens is 296 g/mol. The van der Waals surface area contributed by atoms with Gasteiger partial charge in [0.2, 0.25) is 12.2 Å². The van der Waals surface area contributed by atoms with Crippen LogP contribution in [-0.4, -0.2) is 40.6 Å². The van der Waals surface area contributed by atoms with Crippen molar-refractivity contribution in [3.8, 4) is 6.19 Å². The van der Waals surface area contributed by atoms with E-state index in [0.717, 1.165) is 6.42 Å². The largest absolute Gasteiger partial charge is 0.395 e. The van der Waals surface area contributed by atoms with E-state index < -0.39 is 0 Å². The summed E-state index contributed by atoms with van der Waals surface area (Å²) in [5, 5.41) is 26.2. The third kappa shape index (κ3) is 6.32. The zero-order chi connectivity index (χ0) is 17.3. The molecule has 8 heteroatoms. The number of aliphatic hydroxyl groups is 1. The molecule has 0 spiro atoms. The summed E-state index contributed by atoms with van der Waals surface area (Å²) >= 11 is 0. The summed E-state index contributed by atoms with van der Waals surface area (Å²) in [7, 11) is 0. The van der Waals surface area contributed by atoms with Crippen molar-refractivity contribution in [2.45, 2.75) is 32.7 Å². The summed E-state index contributed by atoms with van der Waals surface area (Å²) in [4.78, 5) is 19.6. The first-order valence-corrected chi connectivity index (χ1v) is 7.28. The van der Waals surface area contributed by atoms with Crippen LogP contribution in [0.5, 0.6) is 0 Å². The van der Waals surface area contributed by atoms with Crippen molar-refractivity contribution < 1.29 is 9.90 Å². The minimum absolute atomic E-state index is 0.133. The second kappa shape index (κ2) is 8.70. The Bertz CT molecular complexity index is 606. The summed E-state index contributed by atoms with van der Waals surface area (Å²) in [6.45, 7) is 6.03. The van der Waals surface area contributed by atoms with Crippen molar-refractivity contribution in [2.24, 2.45) is 4.99 Å². The number of nitrogens with one attached hydrogen (secondary N) is 3. The Kier molecular flexibility index (Phi) is 6.96. The molecule has 0 unspecified atom stereocenters. The van der Waals surface area contributed by atoms with E-state index in [9.17, 15) is 4.79 Å². The van der Waals surface area contributed by atoms with E-state index in [1.54, 1.807) is 12.3 Å². The number of pyridine rings is 1. The minimum atomic E-state index is -0.337. The number of rotatable bonds is 6. The van der Waals surface area contributed by atoms with Crippen molar-refractivity contribution in [1.82, 2.24) is 15.6 Å². The molecule has 124 valence electrons. The highest BCUT2D eigenvalue weighted by molar-refractivity contribution is 5.98. The van der Waals surface area contributed by atoms with Crippen molar-refractivity contribution in [2.75, 3.05) is 18.5 Å². The van der Waals surface area contributed by atoms with Gasteiger partial charge in [-0.25, -0.2) is 0 Å². The van der Waals surface area contributed by atoms with Gasteiger partial charge in [0.1, 0.15) is 0 Å². The Balaban J connectivity index is 2.88. The molecule has 8 nitrogen and oxygen atoms in total. The number of hydrogen-bond donors (Lipinski definition) is 4. The van der Waals surface area contributed by atoms with Gasteiger partial charge in [-0.05, 0) is 26.3 Å². The molecule has 1 aromatic rings. The summed E-state index contributed by atoms with van der Waals surface area (Å²) in [5.41, 5.74) is 0.622. The fourth-order valence-electron chi connectivity index (χ4n) is 1.59. The zero-order valence-corrected chi connectivity index (χ0v) is 13.6. The lowest BCUT2D eigenvalue weighted by Crippen LogP contribution is -2.46. The van der Waals surface area contributed by atoms with Crippen LogP contribution in [0.25, 0.3) is 0 Å². The fourth-order valence-corrected chi connectivity index (χ4v) is 1.59. The third-order valence-electron chi connectivity index (χ3n) is 3.16. The van der Waals surface area contributed by atoms with Crippen molar-refractivity contribution >= 4 is 17.6 Å². The van der Waals surface area contributed by atoms with Crippen molar-refractivity contribution in [3.63, 3.8) is 0 Å². The maximum absolute atomic E-state index is 11.9. The Hall–Kier alpha value is -2.66. The topological polar surface area (TPSA) is 122 Å². The normalized spacial score (nSPS) is 11.5. The molecule has 1 rings (SSSR count). The van der Waals surface area contributed by atoms with E-state index in [0.29, 0.717) is 11.3 Å². The summed E-state index contributed by atoms with van der Waals surface area (Å²) in [6, 6.07) is 1.59. The summed E-state index contributed by atoms with van der Waals surface area (Å²) in [6.07, 6.45) is 5.51. The highest BCUT2D eigenvalue weighted by atomic mass is 16.3. The lowest BCUT2D eigenvalue weighted by molar-refractivity contribution is 0.0944. The standard InChI is InChI=1S/C15H22N6O2/c1-4-15(2,3)21-14(19-10-16)20-12-7-11(8-17-9-12)13(23)18-5-6-22/h7-9,22H,4-6H2,1-3H3,(H,18,23)(H2,19,20,21). The SMILES string of the molecule is CCC(C)(C)N/C(=N\C#N)Nc1cncc(C(=O)NCCO)c1. The number of nitriles is 1. The van der Waals surface area contributed by atoms with Crippen LogP contribution in [0.4, 0.5) is 5.69 Å². The van der Waals surface area contributed by atoms with Crippen LogP contribution >= 0.6 is 0 Å². The maximum Gasteiger partial charge on any atom is 0.253 e. The van der Waals surface area contributed by atoms with E-state index in [1.807, 2.05) is 20.8 Å². The molecule has 0 fully saturated rings. The van der Waals surface area contributed by atoms with Crippen LogP contribution in [0.2, 0.25) is 0 Å². The maximum atomic E-state index is 11.9. The third-order valence-corrected chi connectivity index (χ3v) is 3.16. The van der Waals surface area contributed by atoms with Crippen LogP contribution < -0.4 is 16.0 Å². The van der Waals surface area contributed by atoms with Gasteiger partial charge in [0.05, 0.1) is 24.1 Å². The number of carbonyl (C=O) groups is 1. The second-order valence-electron chi connectivity index (χ2n) is 5.49. The zero-order valence-electron chi connectivity index (χ0n) is 13.6. The van der Waals surface area contributed by atoms with Gasteiger partial charge in [-0.1, -0.05) is 6.92 Å². The number of anilines is 1. The average molecular weight is 318 g/mol. The molecule has 0 radical (unpaired) electrons. The lowest BCUT2D eigenvalue weighted by Gasteiger charge is -2.26. The molecule has 23 heavy (non-hydrogen) atoms. The van der Waals surface area contributed by atoms with Gasteiger partial charge in [0.25, 0.3) is 5.91 Å². The molecule has 0 saturated heterocycles. The van der Waals surface area contributed by atoms with Gasteiger partial charge in [-0.2, -0.15) is 5.26 Å². The van der Waals surface area contributed by atoms with Crippen LogP contribution in [0.1, 0.15) is 37.6 Å². The molecule has 0 aliphatic heterocycles. The first-order valence-electron chi connectivity index (χ1n) is 7.28. The second-order valence-corrected chi connectivity index (χ2v) is 5.49. The molecule has 0 aromatic carbocycles. The van der Waals surface area contributed by atoms with E-state index >= 15 is 0 Å². The van der Waals surface area contributed by atoms with Gasteiger partial charge >= 0.3 is 0 Å². The van der Waals surface area contributed by atoms with Crippen LogP contribution in [-0.2, 0) is 0 Å². The van der Waals surface area contributed by atoms with Gasteiger partial charge < -0.3 is 21.1 Å². The molecule has 1 amide bonds. The molecule has 0 bridgehead atoms. The number of hydrogen-bond acceptors (Lipinski definition) is 5. The molecule has 0 saturated carbocycles. The molecule has 0 aliphatic rings. The number of guanidine groups is 1. The quantitative estimate of drug-likeness (QED) is 0.350. The number of aliphatic hydroxyl groups excluding tert-OH is 1. The Morgan fingerprint density at radius 3 is 2.83 bits per heavy atom. The lowest BCUT2D eigenvalue weighted by atomic mass is 10.0.